The minimum atomic E-state index is -0.273. The molecule has 0 aliphatic heterocycles. The molecule has 28 heavy (non-hydrogen) atoms. The van der Waals surface area contributed by atoms with Crippen LogP contribution < -0.4 is 5.32 Å². The molecule has 0 radical (unpaired) electrons. The molecule has 1 heterocycles. The highest BCUT2D eigenvalue weighted by Gasteiger charge is 2.26. The van der Waals surface area contributed by atoms with Gasteiger partial charge in [0.25, 0.3) is 5.22 Å². The molecule has 6 heteroatoms. The highest BCUT2D eigenvalue weighted by molar-refractivity contribution is 8.00. The van der Waals surface area contributed by atoms with Crippen molar-refractivity contribution in [2.45, 2.75) is 82.2 Å². The monoisotopic (exact) mass is 401 g/mol. The van der Waals surface area contributed by atoms with E-state index < -0.39 is 0 Å². The number of rotatable bonds is 5. The molecule has 0 spiro atoms. The minimum Gasteiger partial charge on any atom is -0.411 e. The van der Waals surface area contributed by atoms with Gasteiger partial charge in [-0.25, -0.2) is 0 Å². The third-order valence-electron chi connectivity index (χ3n) is 5.49. The van der Waals surface area contributed by atoms with E-state index in [0.717, 1.165) is 12.0 Å². The zero-order valence-corrected chi connectivity index (χ0v) is 18.3. The first-order valence-corrected chi connectivity index (χ1v) is 11.0. The Hall–Kier alpha value is -1.82. The maximum atomic E-state index is 12.5. The fourth-order valence-corrected chi connectivity index (χ4v) is 4.21. The van der Waals surface area contributed by atoms with Gasteiger partial charge in [0.15, 0.2) is 0 Å². The number of nitrogens with one attached hydrogen (secondary N) is 1. The Balaban J connectivity index is 1.60. The fourth-order valence-electron chi connectivity index (χ4n) is 3.52. The van der Waals surface area contributed by atoms with E-state index >= 15 is 0 Å². The zero-order valence-electron chi connectivity index (χ0n) is 17.5. The van der Waals surface area contributed by atoms with E-state index in [9.17, 15) is 4.79 Å². The summed E-state index contributed by atoms with van der Waals surface area (Å²) in [6, 6.07) is 8.47. The van der Waals surface area contributed by atoms with Crippen LogP contribution in [0.3, 0.4) is 0 Å². The Morgan fingerprint density at radius 3 is 2.50 bits per heavy atom. The molecule has 1 amide bonds. The second-order valence-corrected chi connectivity index (χ2v) is 10.1. The van der Waals surface area contributed by atoms with E-state index in [-0.39, 0.29) is 22.6 Å². The summed E-state index contributed by atoms with van der Waals surface area (Å²) in [4.78, 5) is 12.5. The molecule has 3 atom stereocenters. The fraction of sp³-hybridized carbons (Fsp3) is 0.591. The van der Waals surface area contributed by atoms with Crippen LogP contribution in [0.4, 0.5) is 0 Å². The van der Waals surface area contributed by atoms with Crippen LogP contribution in [0.1, 0.15) is 65.9 Å². The molecule has 152 valence electrons. The Kier molecular flexibility index (Phi) is 6.48. The number of aromatic nitrogens is 2. The Bertz CT molecular complexity index is 795. The SMILES string of the molecule is C[C@@H]1CCCC[C@H]1NC(=O)[C@@H](C)Sc1nnc(-c2ccc(C(C)(C)C)cc2)o1. The second-order valence-electron chi connectivity index (χ2n) is 8.84. The van der Waals surface area contributed by atoms with Crippen molar-refractivity contribution < 1.29 is 9.21 Å². The summed E-state index contributed by atoms with van der Waals surface area (Å²) in [7, 11) is 0. The van der Waals surface area contributed by atoms with E-state index in [1.54, 1.807) is 0 Å². The Morgan fingerprint density at radius 1 is 1.18 bits per heavy atom. The number of carbonyl (C=O) groups excluding carboxylic acids is 1. The topological polar surface area (TPSA) is 68.0 Å². The second kappa shape index (κ2) is 8.68. The molecule has 1 aromatic heterocycles. The normalized spacial score (nSPS) is 21.3. The van der Waals surface area contributed by atoms with E-state index in [2.05, 4.69) is 55.3 Å². The quantitative estimate of drug-likeness (QED) is 0.697. The average molecular weight is 402 g/mol. The molecule has 0 bridgehead atoms. The van der Waals surface area contributed by atoms with Crippen LogP contribution in [-0.4, -0.2) is 27.4 Å². The molecule has 1 saturated carbocycles. The van der Waals surface area contributed by atoms with Gasteiger partial charge in [0, 0.05) is 11.6 Å². The van der Waals surface area contributed by atoms with Crippen LogP contribution in [0.15, 0.2) is 33.9 Å². The van der Waals surface area contributed by atoms with Gasteiger partial charge < -0.3 is 9.73 Å². The highest BCUT2D eigenvalue weighted by atomic mass is 32.2. The number of hydrogen-bond donors (Lipinski definition) is 1. The van der Waals surface area contributed by atoms with E-state index in [1.165, 1.54) is 36.6 Å². The highest BCUT2D eigenvalue weighted by Crippen LogP contribution is 2.29. The zero-order chi connectivity index (χ0) is 20.3. The standard InChI is InChI=1S/C22H31N3O2S/c1-14-8-6-7-9-18(14)23-19(26)15(2)28-21-25-24-20(27-21)16-10-12-17(13-11-16)22(3,4)5/h10-15,18H,6-9H2,1-5H3,(H,23,26)/t14-,15-,18-/m1/s1. The van der Waals surface area contributed by atoms with Gasteiger partial charge in [-0.1, -0.05) is 64.4 Å². The molecule has 0 unspecified atom stereocenters. The average Bonchev–Trinajstić information content (AvgIpc) is 3.11. The summed E-state index contributed by atoms with van der Waals surface area (Å²) in [5.41, 5.74) is 2.25. The van der Waals surface area contributed by atoms with Gasteiger partial charge in [-0.05, 0) is 48.8 Å². The number of thioether (sulfide) groups is 1. The first-order chi connectivity index (χ1) is 13.2. The van der Waals surface area contributed by atoms with Crippen molar-refractivity contribution in [2.75, 3.05) is 0 Å². The molecule has 1 aromatic carbocycles. The van der Waals surface area contributed by atoms with Crippen LogP contribution >= 0.6 is 11.8 Å². The number of amides is 1. The van der Waals surface area contributed by atoms with Crippen molar-refractivity contribution in [3.05, 3.63) is 29.8 Å². The number of hydrogen-bond acceptors (Lipinski definition) is 5. The van der Waals surface area contributed by atoms with Crippen molar-refractivity contribution in [1.82, 2.24) is 15.5 Å². The molecule has 1 fully saturated rings. The first-order valence-electron chi connectivity index (χ1n) is 10.2. The molecular weight excluding hydrogens is 370 g/mol. The van der Waals surface area contributed by atoms with Gasteiger partial charge in [0.1, 0.15) is 0 Å². The van der Waals surface area contributed by atoms with Gasteiger partial charge in [-0.15, -0.1) is 10.2 Å². The minimum absolute atomic E-state index is 0.0398. The lowest BCUT2D eigenvalue weighted by molar-refractivity contribution is -0.121. The van der Waals surface area contributed by atoms with Crippen molar-refractivity contribution in [2.24, 2.45) is 5.92 Å². The molecule has 5 nitrogen and oxygen atoms in total. The van der Waals surface area contributed by atoms with Crippen LogP contribution in [-0.2, 0) is 10.2 Å². The van der Waals surface area contributed by atoms with Crippen LogP contribution in [0.5, 0.6) is 0 Å². The number of carbonyl (C=O) groups is 1. The number of nitrogens with zero attached hydrogens (tertiary/aromatic N) is 2. The maximum Gasteiger partial charge on any atom is 0.277 e. The predicted molar refractivity (Wildman–Crippen MR) is 113 cm³/mol. The maximum absolute atomic E-state index is 12.5. The summed E-state index contributed by atoms with van der Waals surface area (Å²) in [5, 5.41) is 11.6. The van der Waals surface area contributed by atoms with E-state index in [4.69, 9.17) is 4.42 Å². The van der Waals surface area contributed by atoms with Gasteiger partial charge in [-0.3, -0.25) is 4.79 Å². The molecule has 1 aliphatic rings. The largest absolute Gasteiger partial charge is 0.411 e. The smallest absolute Gasteiger partial charge is 0.277 e. The molecule has 0 saturated heterocycles. The lowest BCUT2D eigenvalue weighted by Crippen LogP contribution is -2.44. The Morgan fingerprint density at radius 2 is 1.86 bits per heavy atom. The van der Waals surface area contributed by atoms with Gasteiger partial charge in [0.2, 0.25) is 11.8 Å². The molecule has 3 rings (SSSR count). The van der Waals surface area contributed by atoms with Crippen LogP contribution in [0, 0.1) is 5.92 Å². The molecule has 2 aromatic rings. The summed E-state index contributed by atoms with van der Waals surface area (Å²) >= 11 is 1.31. The Labute approximate surface area is 172 Å². The lowest BCUT2D eigenvalue weighted by atomic mass is 9.86. The molecule has 1 N–H and O–H groups in total. The van der Waals surface area contributed by atoms with Crippen molar-refractivity contribution in [3.8, 4) is 11.5 Å². The van der Waals surface area contributed by atoms with Crippen molar-refractivity contribution in [3.63, 3.8) is 0 Å². The van der Waals surface area contributed by atoms with Gasteiger partial charge >= 0.3 is 0 Å². The summed E-state index contributed by atoms with van der Waals surface area (Å²) in [6.07, 6.45) is 4.71. The van der Waals surface area contributed by atoms with E-state index in [1.807, 2.05) is 19.1 Å². The molecule has 1 aliphatic carbocycles. The summed E-state index contributed by atoms with van der Waals surface area (Å²) in [5.74, 6) is 1.07. The van der Waals surface area contributed by atoms with Crippen LogP contribution in [0.25, 0.3) is 11.5 Å². The molecular formula is C22H31N3O2S. The third-order valence-corrected chi connectivity index (χ3v) is 6.42. The summed E-state index contributed by atoms with van der Waals surface area (Å²) in [6.45, 7) is 10.7. The van der Waals surface area contributed by atoms with Crippen molar-refractivity contribution in [1.29, 1.82) is 0 Å². The third kappa shape index (κ3) is 5.16. The predicted octanol–water partition coefficient (Wildman–Crippen LogP) is 5.21. The van der Waals surface area contributed by atoms with Crippen molar-refractivity contribution >= 4 is 17.7 Å². The van der Waals surface area contributed by atoms with E-state index in [0.29, 0.717) is 17.0 Å². The lowest BCUT2D eigenvalue weighted by Gasteiger charge is -2.30. The van der Waals surface area contributed by atoms with Crippen LogP contribution in [0.2, 0.25) is 0 Å². The first kappa shape index (κ1) is 20.9. The van der Waals surface area contributed by atoms with Gasteiger partial charge in [0.05, 0.1) is 5.25 Å². The number of benzene rings is 1. The van der Waals surface area contributed by atoms with Gasteiger partial charge in [-0.2, -0.15) is 0 Å². The summed E-state index contributed by atoms with van der Waals surface area (Å²) < 4.78 is 5.79.